The second kappa shape index (κ2) is 5.87. The molecule has 0 saturated heterocycles. The van der Waals surface area contributed by atoms with Gasteiger partial charge in [-0.1, -0.05) is 18.2 Å². The SMILES string of the molecule is Cc1nn(CCO)c(C)c1S(=O)(=O)N(C)c1ccccc1. The number of aliphatic hydroxyl groups excluding tert-OH is 1. The lowest BCUT2D eigenvalue weighted by atomic mass is 10.3. The van der Waals surface area contributed by atoms with Gasteiger partial charge in [-0.15, -0.1) is 0 Å². The molecular weight excluding hydrogens is 290 g/mol. The van der Waals surface area contributed by atoms with E-state index in [4.69, 9.17) is 5.11 Å². The van der Waals surface area contributed by atoms with E-state index in [9.17, 15) is 8.42 Å². The van der Waals surface area contributed by atoms with E-state index >= 15 is 0 Å². The molecule has 0 aliphatic heterocycles. The lowest BCUT2D eigenvalue weighted by Gasteiger charge is -2.19. The molecule has 7 heteroatoms. The van der Waals surface area contributed by atoms with Crippen LogP contribution < -0.4 is 4.31 Å². The van der Waals surface area contributed by atoms with Gasteiger partial charge in [0, 0.05) is 7.05 Å². The van der Waals surface area contributed by atoms with Crippen molar-refractivity contribution < 1.29 is 13.5 Å². The van der Waals surface area contributed by atoms with Gasteiger partial charge in [0.2, 0.25) is 0 Å². The number of rotatable bonds is 5. The van der Waals surface area contributed by atoms with Crippen LogP contribution in [0.4, 0.5) is 5.69 Å². The normalized spacial score (nSPS) is 11.6. The minimum Gasteiger partial charge on any atom is -0.394 e. The maximum Gasteiger partial charge on any atom is 0.267 e. The standard InChI is InChI=1S/C14H19N3O3S/c1-11-14(12(2)17(15-11)9-10-18)21(19,20)16(3)13-7-5-4-6-8-13/h4-8,18H,9-10H2,1-3H3. The van der Waals surface area contributed by atoms with Crippen LogP contribution in [0.5, 0.6) is 0 Å². The largest absolute Gasteiger partial charge is 0.394 e. The summed E-state index contributed by atoms with van der Waals surface area (Å²) in [6, 6.07) is 8.88. The summed E-state index contributed by atoms with van der Waals surface area (Å²) in [5, 5.41) is 13.2. The van der Waals surface area contributed by atoms with Crippen LogP contribution in [-0.4, -0.2) is 37.0 Å². The van der Waals surface area contributed by atoms with E-state index < -0.39 is 10.0 Å². The Morgan fingerprint density at radius 3 is 2.43 bits per heavy atom. The highest BCUT2D eigenvalue weighted by Gasteiger charge is 2.28. The van der Waals surface area contributed by atoms with Gasteiger partial charge in [-0.3, -0.25) is 8.99 Å². The van der Waals surface area contributed by atoms with Gasteiger partial charge in [0.05, 0.1) is 30.2 Å². The van der Waals surface area contributed by atoms with Crippen molar-refractivity contribution in [2.24, 2.45) is 0 Å². The van der Waals surface area contributed by atoms with E-state index in [1.807, 2.05) is 6.07 Å². The van der Waals surface area contributed by atoms with E-state index in [-0.39, 0.29) is 18.0 Å². The summed E-state index contributed by atoms with van der Waals surface area (Å²) in [5.74, 6) is 0. The van der Waals surface area contributed by atoms with Gasteiger partial charge < -0.3 is 5.11 Å². The number of nitrogens with zero attached hydrogens (tertiary/aromatic N) is 3. The smallest absolute Gasteiger partial charge is 0.267 e. The van der Waals surface area contributed by atoms with E-state index in [1.54, 1.807) is 38.1 Å². The second-order valence-corrected chi connectivity index (χ2v) is 6.66. The van der Waals surface area contributed by atoms with Crippen LogP contribution in [0.1, 0.15) is 11.4 Å². The van der Waals surface area contributed by atoms with Crippen LogP contribution >= 0.6 is 0 Å². The number of benzene rings is 1. The Labute approximate surface area is 124 Å². The monoisotopic (exact) mass is 309 g/mol. The maximum absolute atomic E-state index is 12.8. The molecule has 1 heterocycles. The number of para-hydroxylation sites is 1. The first kappa shape index (κ1) is 15.5. The molecule has 0 aliphatic carbocycles. The molecule has 0 spiro atoms. The lowest BCUT2D eigenvalue weighted by Crippen LogP contribution is -2.27. The maximum atomic E-state index is 12.8. The summed E-state index contributed by atoms with van der Waals surface area (Å²) >= 11 is 0. The predicted octanol–water partition coefficient (Wildman–Crippen LogP) is 1.32. The number of aromatic nitrogens is 2. The number of aliphatic hydroxyl groups is 1. The topological polar surface area (TPSA) is 75.4 Å². The Balaban J connectivity index is 2.50. The van der Waals surface area contributed by atoms with E-state index in [0.29, 0.717) is 17.1 Å². The minimum absolute atomic E-state index is 0.0873. The molecule has 0 unspecified atom stereocenters. The number of hydrogen-bond acceptors (Lipinski definition) is 4. The molecule has 2 aromatic rings. The Morgan fingerprint density at radius 2 is 1.86 bits per heavy atom. The highest BCUT2D eigenvalue weighted by atomic mass is 32.2. The second-order valence-electron chi connectivity index (χ2n) is 4.75. The summed E-state index contributed by atoms with van der Waals surface area (Å²) in [6.45, 7) is 3.54. The Morgan fingerprint density at radius 1 is 1.24 bits per heavy atom. The Hall–Kier alpha value is -1.86. The summed E-state index contributed by atoms with van der Waals surface area (Å²) in [4.78, 5) is 0.197. The lowest BCUT2D eigenvalue weighted by molar-refractivity contribution is 0.267. The molecule has 2 rings (SSSR count). The molecule has 1 aromatic carbocycles. The summed E-state index contributed by atoms with van der Waals surface area (Å²) in [5.41, 5.74) is 1.55. The van der Waals surface area contributed by atoms with Crippen LogP contribution in [0.3, 0.4) is 0 Å². The molecule has 1 aromatic heterocycles. The zero-order valence-electron chi connectivity index (χ0n) is 12.3. The number of sulfonamides is 1. The van der Waals surface area contributed by atoms with Crippen LogP contribution in [0.15, 0.2) is 35.2 Å². The molecule has 0 saturated carbocycles. The molecule has 1 N–H and O–H groups in total. The predicted molar refractivity (Wildman–Crippen MR) is 80.8 cm³/mol. The Kier molecular flexibility index (Phi) is 4.34. The third-order valence-corrected chi connectivity index (χ3v) is 5.40. The average molecular weight is 309 g/mol. The third-order valence-electron chi connectivity index (χ3n) is 3.37. The van der Waals surface area contributed by atoms with Crippen molar-refractivity contribution >= 4 is 15.7 Å². The molecule has 0 radical (unpaired) electrons. The van der Waals surface area contributed by atoms with E-state index in [1.165, 1.54) is 16.0 Å². The van der Waals surface area contributed by atoms with Gasteiger partial charge in [0.15, 0.2) is 0 Å². The first-order valence-electron chi connectivity index (χ1n) is 6.58. The van der Waals surface area contributed by atoms with Crippen molar-refractivity contribution in [1.82, 2.24) is 9.78 Å². The first-order valence-corrected chi connectivity index (χ1v) is 8.02. The molecular formula is C14H19N3O3S. The molecule has 0 atom stereocenters. The summed E-state index contributed by atoms with van der Waals surface area (Å²) in [6.07, 6.45) is 0. The van der Waals surface area contributed by atoms with Gasteiger partial charge in [-0.2, -0.15) is 5.10 Å². The Bertz CT molecular complexity index is 723. The zero-order chi connectivity index (χ0) is 15.6. The minimum atomic E-state index is -3.68. The highest BCUT2D eigenvalue weighted by Crippen LogP contribution is 2.26. The highest BCUT2D eigenvalue weighted by molar-refractivity contribution is 7.92. The number of hydrogen-bond donors (Lipinski definition) is 1. The van der Waals surface area contributed by atoms with Crippen LogP contribution in [0.25, 0.3) is 0 Å². The van der Waals surface area contributed by atoms with Crippen molar-refractivity contribution in [3.05, 3.63) is 41.7 Å². The number of anilines is 1. The van der Waals surface area contributed by atoms with E-state index in [0.717, 1.165) is 0 Å². The van der Waals surface area contributed by atoms with Gasteiger partial charge in [0.25, 0.3) is 10.0 Å². The van der Waals surface area contributed by atoms with Crippen molar-refractivity contribution in [2.45, 2.75) is 25.3 Å². The van der Waals surface area contributed by atoms with Crippen LogP contribution in [0.2, 0.25) is 0 Å². The summed E-state index contributed by atoms with van der Waals surface area (Å²) in [7, 11) is -2.16. The fourth-order valence-corrected chi connectivity index (χ4v) is 3.85. The zero-order valence-corrected chi connectivity index (χ0v) is 13.1. The van der Waals surface area contributed by atoms with Crippen molar-refractivity contribution in [3.8, 4) is 0 Å². The van der Waals surface area contributed by atoms with Gasteiger partial charge in [0.1, 0.15) is 4.90 Å². The van der Waals surface area contributed by atoms with Crippen LogP contribution in [0, 0.1) is 13.8 Å². The van der Waals surface area contributed by atoms with Crippen molar-refractivity contribution in [2.75, 3.05) is 18.0 Å². The van der Waals surface area contributed by atoms with Gasteiger partial charge >= 0.3 is 0 Å². The fraction of sp³-hybridized carbons (Fsp3) is 0.357. The van der Waals surface area contributed by atoms with Gasteiger partial charge in [-0.25, -0.2) is 8.42 Å². The number of aryl methyl sites for hydroxylation is 1. The van der Waals surface area contributed by atoms with Crippen LogP contribution in [-0.2, 0) is 16.6 Å². The van der Waals surface area contributed by atoms with E-state index in [2.05, 4.69) is 5.10 Å². The molecule has 0 bridgehead atoms. The fourth-order valence-electron chi connectivity index (χ4n) is 2.28. The third kappa shape index (κ3) is 2.79. The molecule has 0 fully saturated rings. The summed E-state index contributed by atoms with van der Waals surface area (Å²) < 4.78 is 28.4. The van der Waals surface area contributed by atoms with Crippen molar-refractivity contribution in [1.29, 1.82) is 0 Å². The van der Waals surface area contributed by atoms with Gasteiger partial charge in [-0.05, 0) is 26.0 Å². The molecule has 6 nitrogen and oxygen atoms in total. The first-order chi connectivity index (χ1) is 9.89. The quantitative estimate of drug-likeness (QED) is 0.904. The molecule has 0 aliphatic rings. The molecule has 21 heavy (non-hydrogen) atoms. The molecule has 0 amide bonds. The average Bonchev–Trinajstić information content (AvgIpc) is 2.74. The van der Waals surface area contributed by atoms with Crippen molar-refractivity contribution in [3.63, 3.8) is 0 Å². The molecule has 114 valence electrons.